The van der Waals surface area contributed by atoms with E-state index in [1.54, 1.807) is 0 Å². The molecule has 2 rings (SSSR count). The fourth-order valence-corrected chi connectivity index (χ4v) is 2.32. The van der Waals surface area contributed by atoms with Crippen molar-refractivity contribution in [3.8, 4) is 0 Å². The Hall–Kier alpha value is -0.990. The van der Waals surface area contributed by atoms with Gasteiger partial charge in [0.25, 0.3) is 0 Å². The van der Waals surface area contributed by atoms with E-state index in [1.807, 2.05) is 12.1 Å². The minimum Gasteiger partial charge on any atom is -0.347 e. The molecule has 0 bridgehead atoms. The molecule has 0 saturated carbocycles. The van der Waals surface area contributed by atoms with Crippen LogP contribution in [0.5, 0.6) is 0 Å². The van der Waals surface area contributed by atoms with Crippen molar-refractivity contribution in [1.29, 1.82) is 0 Å². The van der Waals surface area contributed by atoms with Crippen molar-refractivity contribution in [2.75, 3.05) is 6.54 Å². The lowest BCUT2D eigenvalue weighted by Gasteiger charge is -2.03. The zero-order valence-corrected chi connectivity index (χ0v) is 9.80. The zero-order valence-electron chi connectivity index (χ0n) is 9.05. The second-order valence-corrected chi connectivity index (χ2v) is 4.27. The predicted molar refractivity (Wildman–Crippen MR) is 65.4 cm³/mol. The van der Waals surface area contributed by atoms with Crippen molar-refractivity contribution >= 4 is 22.5 Å². The van der Waals surface area contributed by atoms with Gasteiger partial charge in [0.1, 0.15) is 0 Å². The molecule has 2 nitrogen and oxygen atoms in total. The zero-order chi connectivity index (χ0) is 11.0. The van der Waals surface area contributed by atoms with Crippen LogP contribution in [-0.4, -0.2) is 11.1 Å². The Morgan fingerprint density at radius 1 is 1.40 bits per heavy atom. The van der Waals surface area contributed by atoms with Gasteiger partial charge in [-0.05, 0) is 37.2 Å². The summed E-state index contributed by atoms with van der Waals surface area (Å²) in [6, 6.07) is 6.01. The molecule has 0 unspecified atom stereocenters. The molecule has 0 aliphatic heterocycles. The van der Waals surface area contributed by atoms with E-state index < -0.39 is 0 Å². The van der Waals surface area contributed by atoms with E-state index in [4.69, 9.17) is 17.3 Å². The van der Waals surface area contributed by atoms with Gasteiger partial charge in [-0.1, -0.05) is 11.6 Å². The second kappa shape index (κ2) is 3.87. The Balaban J connectivity index is 2.73. The summed E-state index contributed by atoms with van der Waals surface area (Å²) < 4.78 is 2.20. The van der Waals surface area contributed by atoms with E-state index in [9.17, 15) is 0 Å². The Kier molecular flexibility index (Phi) is 2.72. The van der Waals surface area contributed by atoms with Crippen molar-refractivity contribution in [3.63, 3.8) is 0 Å². The third-order valence-corrected chi connectivity index (χ3v) is 3.18. The third-order valence-electron chi connectivity index (χ3n) is 2.94. The Bertz CT molecular complexity index is 500. The second-order valence-electron chi connectivity index (χ2n) is 3.83. The molecule has 0 saturated heterocycles. The fourth-order valence-electron chi connectivity index (χ4n) is 2.15. The van der Waals surface area contributed by atoms with E-state index in [1.165, 1.54) is 22.2 Å². The molecule has 0 fully saturated rings. The fraction of sp³-hybridized carbons (Fsp3) is 0.333. The van der Waals surface area contributed by atoms with Gasteiger partial charge >= 0.3 is 0 Å². The monoisotopic (exact) mass is 222 g/mol. The van der Waals surface area contributed by atoms with Gasteiger partial charge in [0, 0.05) is 35.1 Å². The SMILES string of the molecule is Cc1c(CCN)n(C)c2ccc(Cl)cc12. The molecule has 3 heteroatoms. The largest absolute Gasteiger partial charge is 0.347 e. The van der Waals surface area contributed by atoms with Crippen LogP contribution in [0.4, 0.5) is 0 Å². The Morgan fingerprint density at radius 3 is 2.80 bits per heavy atom. The maximum absolute atomic E-state index is 6.00. The number of hydrogen-bond acceptors (Lipinski definition) is 1. The summed E-state index contributed by atoms with van der Waals surface area (Å²) in [7, 11) is 2.08. The van der Waals surface area contributed by atoms with E-state index in [2.05, 4.69) is 24.6 Å². The van der Waals surface area contributed by atoms with Crippen molar-refractivity contribution in [3.05, 3.63) is 34.5 Å². The topological polar surface area (TPSA) is 30.9 Å². The first-order valence-corrected chi connectivity index (χ1v) is 5.46. The summed E-state index contributed by atoms with van der Waals surface area (Å²) >= 11 is 6.00. The summed E-state index contributed by atoms with van der Waals surface area (Å²) in [5.74, 6) is 0. The number of nitrogens with zero attached hydrogens (tertiary/aromatic N) is 1. The summed E-state index contributed by atoms with van der Waals surface area (Å²) in [5.41, 5.74) is 9.43. The van der Waals surface area contributed by atoms with Crippen molar-refractivity contribution < 1.29 is 0 Å². The molecule has 1 aromatic carbocycles. The molecular weight excluding hydrogens is 208 g/mol. The van der Waals surface area contributed by atoms with Crippen LogP contribution in [0.2, 0.25) is 5.02 Å². The maximum Gasteiger partial charge on any atom is 0.0483 e. The van der Waals surface area contributed by atoms with Crippen molar-refractivity contribution in [2.45, 2.75) is 13.3 Å². The van der Waals surface area contributed by atoms with E-state index in [-0.39, 0.29) is 0 Å². The van der Waals surface area contributed by atoms with Crippen LogP contribution in [0.3, 0.4) is 0 Å². The summed E-state index contributed by atoms with van der Waals surface area (Å²) in [6.07, 6.45) is 0.911. The molecule has 1 heterocycles. The Labute approximate surface area is 94.6 Å². The van der Waals surface area contributed by atoms with Gasteiger partial charge < -0.3 is 10.3 Å². The molecule has 2 aromatic rings. The Morgan fingerprint density at radius 2 is 2.13 bits per heavy atom. The van der Waals surface area contributed by atoms with E-state index >= 15 is 0 Å². The van der Waals surface area contributed by atoms with Gasteiger partial charge in [-0.2, -0.15) is 0 Å². The van der Waals surface area contributed by atoms with Crippen molar-refractivity contribution in [2.24, 2.45) is 12.8 Å². The summed E-state index contributed by atoms with van der Waals surface area (Å²) in [4.78, 5) is 0. The van der Waals surface area contributed by atoms with Gasteiger partial charge in [0.15, 0.2) is 0 Å². The molecule has 0 amide bonds. The van der Waals surface area contributed by atoms with Crippen molar-refractivity contribution in [1.82, 2.24) is 4.57 Å². The first-order valence-electron chi connectivity index (χ1n) is 5.08. The number of rotatable bonds is 2. The van der Waals surface area contributed by atoms with Crippen LogP contribution in [0.25, 0.3) is 10.9 Å². The number of hydrogen-bond donors (Lipinski definition) is 1. The first-order chi connectivity index (χ1) is 7.15. The molecule has 80 valence electrons. The van der Waals surface area contributed by atoms with Crippen LogP contribution >= 0.6 is 11.6 Å². The quantitative estimate of drug-likeness (QED) is 0.832. The standard InChI is InChI=1S/C12H15ClN2/c1-8-10-7-9(13)3-4-12(10)15(2)11(8)5-6-14/h3-4,7H,5-6,14H2,1-2H3. The lowest BCUT2D eigenvalue weighted by molar-refractivity contribution is 0.819. The minimum absolute atomic E-state index is 0.679. The molecule has 0 aliphatic rings. The number of aryl methyl sites for hydroxylation is 2. The lowest BCUT2D eigenvalue weighted by Crippen LogP contribution is -2.07. The number of halogens is 1. The van der Waals surface area contributed by atoms with Gasteiger partial charge in [-0.15, -0.1) is 0 Å². The maximum atomic E-state index is 6.00. The van der Waals surface area contributed by atoms with Gasteiger partial charge in [-0.3, -0.25) is 0 Å². The number of fused-ring (bicyclic) bond motifs is 1. The van der Waals surface area contributed by atoms with Crippen LogP contribution in [0, 0.1) is 6.92 Å². The van der Waals surface area contributed by atoms with Gasteiger partial charge in [0.2, 0.25) is 0 Å². The highest BCUT2D eigenvalue weighted by Gasteiger charge is 2.10. The van der Waals surface area contributed by atoms with Crippen LogP contribution in [0.15, 0.2) is 18.2 Å². The average Bonchev–Trinajstić information content (AvgIpc) is 2.44. The lowest BCUT2D eigenvalue weighted by atomic mass is 10.1. The van der Waals surface area contributed by atoms with E-state index in [0.717, 1.165) is 11.4 Å². The highest BCUT2D eigenvalue weighted by Crippen LogP contribution is 2.27. The normalized spacial score (nSPS) is 11.2. The van der Waals surface area contributed by atoms with E-state index in [0.29, 0.717) is 6.54 Å². The average molecular weight is 223 g/mol. The third kappa shape index (κ3) is 1.64. The molecule has 2 N–H and O–H groups in total. The number of aromatic nitrogens is 1. The number of benzene rings is 1. The van der Waals surface area contributed by atoms with Crippen LogP contribution < -0.4 is 5.73 Å². The van der Waals surface area contributed by atoms with Crippen LogP contribution in [0.1, 0.15) is 11.3 Å². The molecule has 1 aromatic heterocycles. The summed E-state index contributed by atoms with van der Waals surface area (Å²) in [5, 5.41) is 2.02. The molecular formula is C12H15ClN2. The minimum atomic E-state index is 0.679. The smallest absolute Gasteiger partial charge is 0.0483 e. The predicted octanol–water partition coefficient (Wildman–Crippen LogP) is 2.64. The molecule has 15 heavy (non-hydrogen) atoms. The molecule has 0 aliphatic carbocycles. The molecule has 0 atom stereocenters. The highest BCUT2D eigenvalue weighted by molar-refractivity contribution is 6.31. The van der Waals surface area contributed by atoms with Crippen LogP contribution in [-0.2, 0) is 13.5 Å². The summed E-state index contributed by atoms with van der Waals surface area (Å²) in [6.45, 7) is 2.81. The van der Waals surface area contributed by atoms with Gasteiger partial charge in [-0.25, -0.2) is 0 Å². The molecule has 0 radical (unpaired) electrons. The number of nitrogens with two attached hydrogens (primary N) is 1. The first kappa shape index (κ1) is 10.5. The van der Waals surface area contributed by atoms with Gasteiger partial charge in [0.05, 0.1) is 0 Å². The molecule has 0 spiro atoms. The highest BCUT2D eigenvalue weighted by atomic mass is 35.5.